The molecule has 0 saturated carbocycles. The monoisotopic (exact) mass is 688 g/mol. The standard InChI is InChI=1S/C34H41ClN8O4Si/c1-6-13-23(18-19-47-48(34(2,3)4,24-14-9-7-10-15-24)25-16-11-8-12-17-25)37-31-30-26(38-32(39-31)40-33(44)45)21-36-43(30)22-27-28(46-5)20-29(35)42-41-27/h7-12,14-17,20-21,23H,6,13,18-19,22H2,1-5H3,(H,44,45)(H2,37,38,39,40). The molecule has 14 heteroatoms. The van der Waals surface area contributed by atoms with Crippen LogP contribution in [0.5, 0.6) is 5.75 Å². The maximum Gasteiger partial charge on any atom is 0.411 e. The fourth-order valence-electron chi connectivity index (χ4n) is 6.12. The number of nitrogens with one attached hydrogen (secondary N) is 2. The summed E-state index contributed by atoms with van der Waals surface area (Å²) in [5, 5.41) is 30.5. The average molecular weight is 689 g/mol. The summed E-state index contributed by atoms with van der Waals surface area (Å²) >= 11 is 6.04. The molecule has 2 aromatic carbocycles. The molecule has 3 aromatic heterocycles. The Kier molecular flexibility index (Phi) is 10.9. The number of hydrogen-bond donors (Lipinski definition) is 3. The summed E-state index contributed by atoms with van der Waals surface area (Å²) in [7, 11) is -1.20. The number of nitrogens with zero attached hydrogens (tertiary/aromatic N) is 6. The lowest BCUT2D eigenvalue weighted by Crippen LogP contribution is -2.66. The molecular weight excluding hydrogens is 648 g/mol. The lowest BCUT2D eigenvalue weighted by molar-refractivity contribution is 0.209. The van der Waals surface area contributed by atoms with E-state index in [9.17, 15) is 9.90 Å². The minimum absolute atomic E-state index is 0.0558. The summed E-state index contributed by atoms with van der Waals surface area (Å²) < 4.78 is 14.3. The van der Waals surface area contributed by atoms with Gasteiger partial charge >= 0.3 is 6.09 Å². The first-order chi connectivity index (χ1) is 23.1. The van der Waals surface area contributed by atoms with Crippen LogP contribution in [0, 0.1) is 0 Å². The number of methoxy groups -OCH3 is 1. The third kappa shape index (κ3) is 7.59. The number of fused-ring (bicyclic) bond motifs is 1. The Bertz CT molecular complexity index is 1800. The van der Waals surface area contributed by atoms with Gasteiger partial charge in [0.25, 0.3) is 8.32 Å². The normalized spacial score (nSPS) is 12.5. The Morgan fingerprint density at radius 3 is 2.27 bits per heavy atom. The topological polar surface area (TPSA) is 149 Å². The molecule has 0 fully saturated rings. The minimum atomic E-state index is -2.73. The predicted molar refractivity (Wildman–Crippen MR) is 190 cm³/mol. The van der Waals surface area contributed by atoms with Crippen molar-refractivity contribution in [2.45, 2.75) is 64.6 Å². The molecule has 252 valence electrons. The largest absolute Gasteiger partial charge is 0.495 e. The van der Waals surface area contributed by atoms with E-state index in [0.29, 0.717) is 41.3 Å². The van der Waals surface area contributed by atoms with Crippen molar-refractivity contribution in [1.29, 1.82) is 0 Å². The van der Waals surface area contributed by atoms with E-state index in [1.807, 2.05) is 12.1 Å². The molecule has 3 heterocycles. The van der Waals surface area contributed by atoms with Crippen molar-refractivity contribution < 1.29 is 19.1 Å². The van der Waals surface area contributed by atoms with Gasteiger partial charge in [-0.25, -0.2) is 9.78 Å². The van der Waals surface area contributed by atoms with Crippen LogP contribution in [-0.4, -0.2) is 69.2 Å². The zero-order valence-corrected chi connectivity index (χ0v) is 29.5. The van der Waals surface area contributed by atoms with Gasteiger partial charge in [0.1, 0.15) is 22.5 Å². The first-order valence-corrected chi connectivity index (χ1v) is 18.2. The highest BCUT2D eigenvalue weighted by Crippen LogP contribution is 2.37. The lowest BCUT2D eigenvalue weighted by Gasteiger charge is -2.43. The van der Waals surface area contributed by atoms with Crippen molar-refractivity contribution >= 4 is 59.2 Å². The van der Waals surface area contributed by atoms with Crippen LogP contribution in [0.25, 0.3) is 11.0 Å². The Labute approximate surface area is 286 Å². The Morgan fingerprint density at radius 1 is 1.02 bits per heavy atom. The van der Waals surface area contributed by atoms with E-state index in [-0.39, 0.29) is 28.7 Å². The molecule has 1 amide bonds. The number of benzene rings is 2. The maximum absolute atomic E-state index is 11.6. The summed E-state index contributed by atoms with van der Waals surface area (Å²) in [5.74, 6) is 0.841. The molecule has 0 radical (unpaired) electrons. The third-order valence-electron chi connectivity index (χ3n) is 8.21. The van der Waals surface area contributed by atoms with Gasteiger partial charge in [-0.05, 0) is 28.3 Å². The van der Waals surface area contributed by atoms with Crippen LogP contribution in [0.15, 0.2) is 72.9 Å². The minimum Gasteiger partial charge on any atom is -0.495 e. The maximum atomic E-state index is 11.6. The van der Waals surface area contributed by atoms with Crippen molar-refractivity contribution in [3.63, 3.8) is 0 Å². The zero-order chi connectivity index (χ0) is 34.3. The second-order valence-electron chi connectivity index (χ2n) is 12.5. The molecule has 5 aromatic rings. The van der Waals surface area contributed by atoms with Crippen LogP contribution >= 0.6 is 11.6 Å². The highest BCUT2D eigenvalue weighted by molar-refractivity contribution is 6.99. The highest BCUT2D eigenvalue weighted by Gasteiger charge is 2.50. The summed E-state index contributed by atoms with van der Waals surface area (Å²) in [6, 6.07) is 22.6. The van der Waals surface area contributed by atoms with Crippen molar-refractivity contribution in [1.82, 2.24) is 29.9 Å². The molecule has 5 rings (SSSR count). The fraction of sp³-hybridized carbons (Fsp3) is 0.353. The van der Waals surface area contributed by atoms with Gasteiger partial charge in [0, 0.05) is 18.7 Å². The Balaban J connectivity index is 1.48. The van der Waals surface area contributed by atoms with Gasteiger partial charge in [0.05, 0.1) is 19.9 Å². The predicted octanol–water partition coefficient (Wildman–Crippen LogP) is 5.96. The van der Waals surface area contributed by atoms with Gasteiger partial charge in [0.2, 0.25) is 5.95 Å². The molecule has 0 aliphatic carbocycles. The van der Waals surface area contributed by atoms with Gasteiger partial charge < -0.3 is 19.6 Å². The van der Waals surface area contributed by atoms with Crippen molar-refractivity contribution in [3.8, 4) is 5.75 Å². The fourth-order valence-corrected chi connectivity index (χ4v) is 10.8. The first kappa shape index (κ1) is 34.7. The van der Waals surface area contributed by atoms with Crippen molar-refractivity contribution in [2.24, 2.45) is 0 Å². The molecule has 0 spiro atoms. The van der Waals surface area contributed by atoms with Crippen LogP contribution < -0.4 is 25.7 Å². The van der Waals surface area contributed by atoms with Crippen LogP contribution in [0.3, 0.4) is 0 Å². The average Bonchev–Trinajstić information content (AvgIpc) is 3.46. The van der Waals surface area contributed by atoms with Gasteiger partial charge in [-0.3, -0.25) is 10.00 Å². The van der Waals surface area contributed by atoms with Crippen LogP contribution in [0.1, 0.15) is 52.7 Å². The van der Waals surface area contributed by atoms with E-state index in [4.69, 9.17) is 20.8 Å². The van der Waals surface area contributed by atoms with E-state index in [1.54, 1.807) is 16.9 Å². The van der Waals surface area contributed by atoms with Crippen molar-refractivity contribution in [2.75, 3.05) is 24.4 Å². The number of carboxylic acid groups (broad SMARTS) is 1. The molecular formula is C34H41ClN8O4Si. The molecule has 1 unspecified atom stereocenters. The number of ether oxygens (including phenoxy) is 1. The summed E-state index contributed by atoms with van der Waals surface area (Å²) in [6.07, 6.45) is 2.70. The van der Waals surface area contributed by atoms with Crippen LogP contribution in [-0.2, 0) is 11.0 Å². The van der Waals surface area contributed by atoms with Crippen LogP contribution in [0.2, 0.25) is 10.2 Å². The second-order valence-corrected chi connectivity index (χ2v) is 17.2. The van der Waals surface area contributed by atoms with E-state index in [1.165, 1.54) is 17.5 Å². The van der Waals surface area contributed by atoms with Gasteiger partial charge in [-0.2, -0.15) is 10.1 Å². The van der Waals surface area contributed by atoms with Gasteiger partial charge in [-0.1, -0.05) is 106 Å². The third-order valence-corrected chi connectivity index (χ3v) is 13.4. The van der Waals surface area contributed by atoms with Gasteiger partial charge in [0.15, 0.2) is 11.0 Å². The lowest BCUT2D eigenvalue weighted by atomic mass is 10.1. The van der Waals surface area contributed by atoms with Crippen molar-refractivity contribution in [3.05, 3.63) is 83.8 Å². The molecule has 3 N–H and O–H groups in total. The first-order valence-electron chi connectivity index (χ1n) is 15.9. The number of rotatable bonds is 14. The van der Waals surface area contributed by atoms with E-state index in [0.717, 1.165) is 12.8 Å². The smallest absolute Gasteiger partial charge is 0.411 e. The highest BCUT2D eigenvalue weighted by atomic mass is 35.5. The molecule has 0 saturated heterocycles. The SMILES string of the molecule is CCCC(CCO[Si](c1ccccc1)(c1ccccc1)C(C)(C)C)Nc1nc(NC(=O)O)nc2cnn(Cc3nnc(Cl)cc3OC)c12. The molecule has 0 aliphatic heterocycles. The molecule has 12 nitrogen and oxygen atoms in total. The second kappa shape index (κ2) is 15.1. The zero-order valence-electron chi connectivity index (χ0n) is 27.8. The number of anilines is 2. The summed E-state index contributed by atoms with van der Waals surface area (Å²) in [4.78, 5) is 20.5. The number of halogens is 1. The number of aromatic nitrogens is 6. The number of hydrogen-bond acceptors (Lipinski definition) is 9. The molecule has 0 aliphatic rings. The van der Waals surface area contributed by atoms with E-state index >= 15 is 0 Å². The molecule has 0 bridgehead atoms. The molecule has 1 atom stereocenters. The molecule has 48 heavy (non-hydrogen) atoms. The number of carbonyl (C=O) groups is 1. The summed E-state index contributed by atoms with van der Waals surface area (Å²) in [5.41, 5.74) is 1.55. The quantitative estimate of drug-likeness (QED) is 0.119. The Morgan fingerprint density at radius 2 is 1.69 bits per heavy atom. The summed E-state index contributed by atoms with van der Waals surface area (Å²) in [6.45, 7) is 9.59. The van der Waals surface area contributed by atoms with E-state index < -0.39 is 14.4 Å². The van der Waals surface area contributed by atoms with Crippen LogP contribution in [0.4, 0.5) is 16.6 Å². The number of amides is 1. The van der Waals surface area contributed by atoms with Gasteiger partial charge in [-0.15, -0.1) is 10.2 Å². The Hall–Kier alpha value is -4.59. The van der Waals surface area contributed by atoms with E-state index in [2.05, 4.69) is 112 Å².